The van der Waals surface area contributed by atoms with Crippen molar-refractivity contribution in [2.24, 2.45) is 0 Å². The molecule has 19 heavy (non-hydrogen) atoms. The zero-order valence-electron chi connectivity index (χ0n) is 10.2. The van der Waals surface area contributed by atoms with Gasteiger partial charge in [-0.25, -0.2) is 0 Å². The number of benzene rings is 2. The summed E-state index contributed by atoms with van der Waals surface area (Å²) in [5, 5.41) is 1.57. The number of anilines is 1. The van der Waals surface area contributed by atoms with Crippen LogP contribution in [0.4, 0.5) is 5.69 Å². The molecule has 0 bridgehead atoms. The normalized spacial score (nSPS) is 10.5. The van der Waals surface area contributed by atoms with E-state index >= 15 is 0 Å². The van der Waals surface area contributed by atoms with Crippen molar-refractivity contribution in [3.05, 3.63) is 45.4 Å². The number of nitrogen functional groups attached to an aromatic ring is 1. The van der Waals surface area contributed by atoms with Crippen LogP contribution < -0.4 is 10.5 Å². The summed E-state index contributed by atoms with van der Waals surface area (Å²) in [6.45, 7) is 2.42. The lowest BCUT2D eigenvalue weighted by Crippen LogP contribution is -1.93. The molecular formula is C14H12Cl3NO. The quantitative estimate of drug-likeness (QED) is 0.780. The summed E-state index contributed by atoms with van der Waals surface area (Å²) in [5.41, 5.74) is 7.94. The number of hydrogen-bond donors (Lipinski definition) is 1. The van der Waals surface area contributed by atoms with Gasteiger partial charge < -0.3 is 10.5 Å². The standard InChI is InChI=1S/C14H12Cl3NO/c1-2-19-14-7-11(16)9(6-12(14)17)8-3-4-10(15)13(18)5-8/h3-7H,2,18H2,1H3. The molecule has 0 unspecified atom stereocenters. The number of nitrogens with two attached hydrogens (primary N) is 1. The third kappa shape index (κ3) is 3.08. The molecule has 0 aliphatic carbocycles. The highest BCUT2D eigenvalue weighted by molar-refractivity contribution is 6.36. The van der Waals surface area contributed by atoms with Gasteiger partial charge in [0.05, 0.1) is 27.4 Å². The molecule has 0 radical (unpaired) electrons. The van der Waals surface area contributed by atoms with Gasteiger partial charge in [-0.2, -0.15) is 0 Å². The van der Waals surface area contributed by atoms with Crippen LogP contribution in [0, 0.1) is 0 Å². The molecule has 0 aliphatic rings. The first-order chi connectivity index (χ1) is 9.02. The first kappa shape index (κ1) is 14.3. The van der Waals surface area contributed by atoms with Crippen molar-refractivity contribution >= 4 is 40.5 Å². The Morgan fingerprint density at radius 2 is 1.74 bits per heavy atom. The SMILES string of the molecule is CCOc1cc(Cl)c(-c2ccc(Cl)c(N)c2)cc1Cl. The molecule has 0 fully saturated rings. The molecule has 0 saturated heterocycles. The van der Waals surface area contributed by atoms with Crippen molar-refractivity contribution in [2.75, 3.05) is 12.3 Å². The lowest BCUT2D eigenvalue weighted by atomic mass is 10.0. The molecule has 100 valence electrons. The molecule has 2 aromatic rings. The Kier molecular flexibility index (Phi) is 4.46. The van der Waals surface area contributed by atoms with E-state index < -0.39 is 0 Å². The van der Waals surface area contributed by atoms with Crippen LogP contribution in [0.3, 0.4) is 0 Å². The molecule has 0 spiro atoms. The van der Waals surface area contributed by atoms with Crippen LogP contribution in [0.5, 0.6) is 5.75 Å². The van der Waals surface area contributed by atoms with Crippen LogP contribution in [0.2, 0.25) is 15.1 Å². The maximum atomic E-state index is 6.25. The fraction of sp³-hybridized carbons (Fsp3) is 0.143. The van der Waals surface area contributed by atoms with Crippen LogP contribution >= 0.6 is 34.8 Å². The van der Waals surface area contributed by atoms with Gasteiger partial charge in [0.1, 0.15) is 5.75 Å². The summed E-state index contributed by atoms with van der Waals surface area (Å²) in [6.07, 6.45) is 0. The van der Waals surface area contributed by atoms with Crippen LogP contribution in [-0.2, 0) is 0 Å². The lowest BCUT2D eigenvalue weighted by Gasteiger charge is -2.11. The van der Waals surface area contributed by atoms with Crippen LogP contribution in [0.15, 0.2) is 30.3 Å². The minimum absolute atomic E-state index is 0.500. The van der Waals surface area contributed by atoms with E-state index in [4.69, 9.17) is 45.3 Å². The van der Waals surface area contributed by atoms with Gasteiger partial charge in [-0.15, -0.1) is 0 Å². The number of ether oxygens (including phenoxy) is 1. The topological polar surface area (TPSA) is 35.2 Å². The Balaban J connectivity index is 2.50. The van der Waals surface area contributed by atoms with Gasteiger partial charge >= 0.3 is 0 Å². The van der Waals surface area contributed by atoms with E-state index in [1.807, 2.05) is 13.0 Å². The van der Waals surface area contributed by atoms with E-state index in [0.717, 1.165) is 11.1 Å². The molecule has 0 aliphatic heterocycles. The van der Waals surface area contributed by atoms with Gasteiger partial charge in [0.25, 0.3) is 0 Å². The Labute approximate surface area is 127 Å². The van der Waals surface area contributed by atoms with E-state index in [0.29, 0.717) is 33.1 Å². The highest BCUT2D eigenvalue weighted by Gasteiger charge is 2.11. The summed E-state index contributed by atoms with van der Waals surface area (Å²) in [7, 11) is 0. The first-order valence-corrected chi connectivity index (χ1v) is 6.83. The predicted molar refractivity (Wildman–Crippen MR) is 82.5 cm³/mol. The van der Waals surface area contributed by atoms with Gasteiger partial charge in [-0.1, -0.05) is 40.9 Å². The fourth-order valence-electron chi connectivity index (χ4n) is 1.73. The smallest absolute Gasteiger partial charge is 0.139 e. The average molecular weight is 317 g/mol. The zero-order valence-corrected chi connectivity index (χ0v) is 12.5. The maximum Gasteiger partial charge on any atom is 0.139 e. The number of halogens is 3. The van der Waals surface area contributed by atoms with Crippen molar-refractivity contribution < 1.29 is 4.74 Å². The third-order valence-electron chi connectivity index (χ3n) is 2.63. The van der Waals surface area contributed by atoms with Crippen molar-refractivity contribution in [1.29, 1.82) is 0 Å². The van der Waals surface area contributed by atoms with Crippen LogP contribution in [-0.4, -0.2) is 6.61 Å². The molecule has 0 atom stereocenters. The molecule has 0 saturated carbocycles. The maximum absolute atomic E-state index is 6.25. The number of rotatable bonds is 3. The minimum atomic E-state index is 0.500. The molecule has 5 heteroatoms. The molecule has 2 rings (SSSR count). The van der Waals surface area contributed by atoms with E-state index in [1.54, 1.807) is 24.3 Å². The Morgan fingerprint density at radius 1 is 1.00 bits per heavy atom. The largest absolute Gasteiger partial charge is 0.492 e. The van der Waals surface area contributed by atoms with E-state index in [9.17, 15) is 0 Å². The van der Waals surface area contributed by atoms with Crippen molar-refractivity contribution in [1.82, 2.24) is 0 Å². The van der Waals surface area contributed by atoms with E-state index in [1.165, 1.54) is 0 Å². The third-order valence-corrected chi connectivity index (χ3v) is 3.58. The second-order valence-electron chi connectivity index (χ2n) is 3.93. The predicted octanol–water partition coefficient (Wildman–Crippen LogP) is 5.29. The molecule has 2 nitrogen and oxygen atoms in total. The fourth-order valence-corrected chi connectivity index (χ4v) is 2.33. The van der Waals surface area contributed by atoms with E-state index in [-0.39, 0.29) is 0 Å². The summed E-state index contributed by atoms with van der Waals surface area (Å²) in [4.78, 5) is 0. The monoisotopic (exact) mass is 315 g/mol. The van der Waals surface area contributed by atoms with Crippen LogP contribution in [0.1, 0.15) is 6.92 Å². The Bertz CT molecular complexity index is 614. The minimum Gasteiger partial charge on any atom is -0.492 e. The van der Waals surface area contributed by atoms with Gasteiger partial charge in [0, 0.05) is 11.6 Å². The van der Waals surface area contributed by atoms with Gasteiger partial charge in [-0.3, -0.25) is 0 Å². The highest BCUT2D eigenvalue weighted by Crippen LogP contribution is 2.38. The summed E-state index contributed by atoms with van der Waals surface area (Å²) >= 11 is 18.3. The second kappa shape index (κ2) is 5.91. The lowest BCUT2D eigenvalue weighted by molar-refractivity contribution is 0.340. The van der Waals surface area contributed by atoms with E-state index in [2.05, 4.69) is 0 Å². The van der Waals surface area contributed by atoms with Crippen LogP contribution in [0.25, 0.3) is 11.1 Å². The Hall–Kier alpha value is -1.09. The molecule has 0 amide bonds. The Morgan fingerprint density at radius 3 is 2.37 bits per heavy atom. The second-order valence-corrected chi connectivity index (χ2v) is 5.15. The molecule has 2 N–H and O–H groups in total. The van der Waals surface area contributed by atoms with Gasteiger partial charge in [0.15, 0.2) is 0 Å². The average Bonchev–Trinajstić information content (AvgIpc) is 2.37. The van der Waals surface area contributed by atoms with Crippen molar-refractivity contribution in [3.8, 4) is 16.9 Å². The molecule has 2 aromatic carbocycles. The molecular weight excluding hydrogens is 305 g/mol. The molecule has 0 aromatic heterocycles. The van der Waals surface area contributed by atoms with Crippen molar-refractivity contribution in [2.45, 2.75) is 6.92 Å². The van der Waals surface area contributed by atoms with Gasteiger partial charge in [-0.05, 0) is 30.7 Å². The number of hydrogen-bond acceptors (Lipinski definition) is 2. The first-order valence-electron chi connectivity index (χ1n) is 5.70. The van der Waals surface area contributed by atoms with Crippen molar-refractivity contribution in [3.63, 3.8) is 0 Å². The van der Waals surface area contributed by atoms with Gasteiger partial charge in [0.2, 0.25) is 0 Å². The zero-order chi connectivity index (χ0) is 14.0. The summed E-state index contributed by atoms with van der Waals surface area (Å²) in [5.74, 6) is 0.569. The summed E-state index contributed by atoms with van der Waals surface area (Å²) < 4.78 is 5.39. The molecule has 0 heterocycles. The highest BCUT2D eigenvalue weighted by atomic mass is 35.5. The summed E-state index contributed by atoms with van der Waals surface area (Å²) in [6, 6.07) is 8.80.